The molecule has 0 saturated heterocycles. The van der Waals surface area contributed by atoms with E-state index in [1.54, 1.807) is 10.9 Å². The van der Waals surface area contributed by atoms with Gasteiger partial charge in [0.15, 0.2) is 0 Å². The van der Waals surface area contributed by atoms with Crippen molar-refractivity contribution in [2.45, 2.75) is 58.4 Å². The third-order valence-electron chi connectivity index (χ3n) is 2.80. The van der Waals surface area contributed by atoms with E-state index in [9.17, 15) is 10.1 Å². The van der Waals surface area contributed by atoms with E-state index in [2.05, 4.69) is 12.0 Å². The number of hydrogen-bond donors (Lipinski definition) is 0. The van der Waals surface area contributed by atoms with E-state index in [0.717, 1.165) is 13.0 Å². The highest BCUT2D eigenvalue weighted by Gasteiger charge is 2.09. The SMILES string of the molecule is CCCCCCCCCn1ccc([N+](=O)[O-])n1. The predicted molar refractivity (Wildman–Crippen MR) is 66.9 cm³/mol. The Bertz CT molecular complexity index is 336. The summed E-state index contributed by atoms with van der Waals surface area (Å²) >= 11 is 0. The molecule has 1 aromatic heterocycles. The topological polar surface area (TPSA) is 61.0 Å². The first-order chi connectivity index (χ1) is 8.24. The standard InChI is InChI=1S/C12H21N3O2/c1-2-3-4-5-6-7-8-10-14-11-9-12(13-14)15(16)17/h9,11H,2-8,10H2,1H3. The van der Waals surface area contributed by atoms with Gasteiger partial charge >= 0.3 is 5.82 Å². The summed E-state index contributed by atoms with van der Waals surface area (Å²) in [5, 5.41) is 14.3. The predicted octanol–water partition coefficient (Wildman–Crippen LogP) is 3.54. The Morgan fingerprint density at radius 1 is 1.24 bits per heavy atom. The van der Waals surface area contributed by atoms with Gasteiger partial charge in [-0.1, -0.05) is 45.4 Å². The number of nitrogens with zero attached hydrogens (tertiary/aromatic N) is 3. The normalized spacial score (nSPS) is 10.6. The van der Waals surface area contributed by atoms with Crippen LogP contribution in [0.5, 0.6) is 0 Å². The average molecular weight is 239 g/mol. The van der Waals surface area contributed by atoms with Gasteiger partial charge in [-0.05, 0) is 11.3 Å². The number of nitro groups is 1. The van der Waals surface area contributed by atoms with Crippen molar-refractivity contribution in [1.82, 2.24) is 9.78 Å². The van der Waals surface area contributed by atoms with Crippen LogP contribution in [0.4, 0.5) is 5.82 Å². The molecule has 0 aliphatic carbocycles. The molecule has 0 aliphatic rings. The molecule has 0 aliphatic heterocycles. The zero-order chi connectivity index (χ0) is 12.5. The van der Waals surface area contributed by atoms with Gasteiger partial charge in [-0.25, -0.2) is 0 Å². The molecule has 0 saturated carbocycles. The van der Waals surface area contributed by atoms with Crippen LogP contribution in [-0.2, 0) is 6.54 Å². The van der Waals surface area contributed by atoms with E-state index in [1.165, 1.54) is 44.6 Å². The second kappa shape index (κ2) is 7.81. The van der Waals surface area contributed by atoms with Crippen LogP contribution in [-0.4, -0.2) is 14.7 Å². The van der Waals surface area contributed by atoms with Gasteiger partial charge < -0.3 is 10.1 Å². The molecule has 0 fully saturated rings. The third kappa shape index (κ3) is 5.47. The fourth-order valence-electron chi connectivity index (χ4n) is 1.80. The molecule has 1 aromatic rings. The summed E-state index contributed by atoms with van der Waals surface area (Å²) < 4.78 is 1.66. The molecule has 5 nitrogen and oxygen atoms in total. The fourth-order valence-corrected chi connectivity index (χ4v) is 1.80. The molecule has 1 rings (SSSR count). The van der Waals surface area contributed by atoms with Crippen LogP contribution in [0, 0.1) is 10.1 Å². The first-order valence-electron chi connectivity index (χ1n) is 6.42. The van der Waals surface area contributed by atoms with Crippen molar-refractivity contribution in [1.29, 1.82) is 0 Å². The molecule has 0 unspecified atom stereocenters. The lowest BCUT2D eigenvalue weighted by Crippen LogP contribution is -1.99. The van der Waals surface area contributed by atoms with Crippen molar-refractivity contribution in [3.63, 3.8) is 0 Å². The molecule has 0 N–H and O–H groups in total. The highest BCUT2D eigenvalue weighted by Crippen LogP contribution is 2.09. The van der Waals surface area contributed by atoms with Crippen molar-refractivity contribution in [2.75, 3.05) is 0 Å². The molecular weight excluding hydrogens is 218 g/mol. The maximum atomic E-state index is 10.4. The maximum Gasteiger partial charge on any atom is 0.389 e. The highest BCUT2D eigenvalue weighted by atomic mass is 16.6. The Kier molecular flexibility index (Phi) is 6.29. The lowest BCUT2D eigenvalue weighted by Gasteiger charge is -1.99. The molecule has 0 amide bonds. The summed E-state index contributed by atoms with van der Waals surface area (Å²) in [7, 11) is 0. The van der Waals surface area contributed by atoms with Crippen molar-refractivity contribution in [2.24, 2.45) is 0 Å². The molecule has 1 heterocycles. The van der Waals surface area contributed by atoms with Crippen LogP contribution in [0.1, 0.15) is 51.9 Å². The Hall–Kier alpha value is -1.39. The molecule has 0 atom stereocenters. The number of aryl methyl sites for hydroxylation is 1. The van der Waals surface area contributed by atoms with Gasteiger partial charge in [0.2, 0.25) is 0 Å². The third-order valence-corrected chi connectivity index (χ3v) is 2.80. The van der Waals surface area contributed by atoms with Gasteiger partial charge in [0.1, 0.15) is 0 Å². The van der Waals surface area contributed by atoms with E-state index < -0.39 is 4.92 Å². The summed E-state index contributed by atoms with van der Waals surface area (Å²) in [6.45, 7) is 2.99. The monoisotopic (exact) mass is 239 g/mol. The fraction of sp³-hybridized carbons (Fsp3) is 0.750. The van der Waals surface area contributed by atoms with Crippen LogP contribution in [0.3, 0.4) is 0 Å². The van der Waals surface area contributed by atoms with Gasteiger partial charge in [-0.15, -0.1) is 0 Å². The smallest absolute Gasteiger partial charge is 0.358 e. The number of rotatable bonds is 9. The molecule has 0 radical (unpaired) electrons. The number of aromatic nitrogens is 2. The van der Waals surface area contributed by atoms with Crippen LogP contribution in [0.15, 0.2) is 12.3 Å². The van der Waals surface area contributed by atoms with E-state index in [-0.39, 0.29) is 5.82 Å². The molecule has 96 valence electrons. The van der Waals surface area contributed by atoms with Gasteiger partial charge in [0.05, 0.1) is 23.9 Å². The van der Waals surface area contributed by atoms with E-state index in [0.29, 0.717) is 0 Å². The Morgan fingerprint density at radius 2 is 1.88 bits per heavy atom. The van der Waals surface area contributed by atoms with Crippen LogP contribution in [0.2, 0.25) is 0 Å². The molecule has 0 spiro atoms. The minimum absolute atomic E-state index is 0.0621. The molecule has 17 heavy (non-hydrogen) atoms. The first-order valence-corrected chi connectivity index (χ1v) is 6.42. The summed E-state index contributed by atoms with van der Waals surface area (Å²) in [6.07, 6.45) is 10.4. The summed E-state index contributed by atoms with van der Waals surface area (Å²) in [6, 6.07) is 1.45. The summed E-state index contributed by atoms with van der Waals surface area (Å²) in [5.74, 6) is -0.0621. The zero-order valence-electron chi connectivity index (χ0n) is 10.5. The van der Waals surface area contributed by atoms with E-state index in [1.807, 2.05) is 0 Å². The molecule has 5 heteroatoms. The van der Waals surface area contributed by atoms with Crippen LogP contribution < -0.4 is 0 Å². The Balaban J connectivity index is 2.07. The Labute approximate surface area is 102 Å². The van der Waals surface area contributed by atoms with E-state index in [4.69, 9.17) is 0 Å². The highest BCUT2D eigenvalue weighted by molar-refractivity contribution is 5.13. The maximum absolute atomic E-state index is 10.4. The quantitative estimate of drug-likeness (QED) is 0.376. The summed E-state index contributed by atoms with van der Waals surface area (Å²) in [5.41, 5.74) is 0. The van der Waals surface area contributed by atoms with Crippen LogP contribution in [0.25, 0.3) is 0 Å². The molecule has 0 bridgehead atoms. The van der Waals surface area contributed by atoms with Crippen LogP contribution >= 0.6 is 0 Å². The van der Waals surface area contributed by atoms with Crippen molar-refractivity contribution in [3.8, 4) is 0 Å². The van der Waals surface area contributed by atoms with Crippen molar-refractivity contribution < 1.29 is 4.92 Å². The number of unbranched alkanes of at least 4 members (excludes halogenated alkanes) is 6. The summed E-state index contributed by atoms with van der Waals surface area (Å²) in [4.78, 5) is 9.96. The lowest BCUT2D eigenvalue weighted by atomic mass is 10.1. The minimum Gasteiger partial charge on any atom is -0.358 e. The molecular formula is C12H21N3O2. The first kappa shape index (κ1) is 13.7. The minimum atomic E-state index is -0.457. The van der Waals surface area contributed by atoms with E-state index >= 15 is 0 Å². The second-order valence-electron chi connectivity index (χ2n) is 4.32. The lowest BCUT2D eigenvalue weighted by molar-refractivity contribution is -0.389. The van der Waals surface area contributed by atoms with Gasteiger partial charge in [0.25, 0.3) is 0 Å². The second-order valence-corrected chi connectivity index (χ2v) is 4.32. The zero-order valence-corrected chi connectivity index (χ0v) is 10.5. The van der Waals surface area contributed by atoms with Crippen molar-refractivity contribution in [3.05, 3.63) is 22.4 Å². The number of hydrogen-bond acceptors (Lipinski definition) is 3. The largest absolute Gasteiger partial charge is 0.389 e. The van der Waals surface area contributed by atoms with Gasteiger partial charge in [-0.3, -0.25) is 0 Å². The molecule has 0 aromatic carbocycles. The van der Waals surface area contributed by atoms with Gasteiger partial charge in [0, 0.05) is 0 Å². The van der Waals surface area contributed by atoms with Gasteiger partial charge in [-0.2, -0.15) is 4.68 Å². The average Bonchev–Trinajstić information content (AvgIpc) is 2.77. The van der Waals surface area contributed by atoms with Crippen molar-refractivity contribution >= 4 is 5.82 Å². The Morgan fingerprint density at radius 3 is 2.47 bits per heavy atom.